The van der Waals surface area contributed by atoms with E-state index in [0.717, 1.165) is 12.5 Å². The van der Waals surface area contributed by atoms with E-state index in [-0.39, 0.29) is 11.8 Å². The van der Waals surface area contributed by atoms with Crippen molar-refractivity contribution >= 4 is 5.91 Å². The number of hydrogen-bond donors (Lipinski definition) is 0. The minimum absolute atomic E-state index is 0.0161. The average Bonchev–Trinajstić information content (AvgIpc) is 3.33. The van der Waals surface area contributed by atoms with E-state index in [0.29, 0.717) is 25.2 Å². The monoisotopic (exact) mass is 305 g/mol. The molecule has 2 aliphatic rings. The molecule has 4 heteroatoms. The van der Waals surface area contributed by atoms with Gasteiger partial charge in [-0.25, -0.2) is 0 Å². The number of likely N-dealkylation sites (N-methyl/N-ethyl adjacent to an activating group) is 1. The van der Waals surface area contributed by atoms with Crippen LogP contribution in [0.4, 0.5) is 0 Å². The lowest BCUT2D eigenvalue weighted by atomic mass is 9.86. The third-order valence-electron chi connectivity index (χ3n) is 5.17. The second-order valence-corrected chi connectivity index (χ2v) is 7.30. The molecule has 0 N–H and O–H groups in total. The van der Waals surface area contributed by atoms with Crippen LogP contribution in [0.15, 0.2) is 0 Å². The zero-order valence-corrected chi connectivity index (χ0v) is 14.4. The van der Waals surface area contributed by atoms with Crippen LogP contribution in [-0.2, 0) is 4.79 Å². The Labute approximate surface area is 135 Å². The number of nitrogens with zero attached hydrogens (tertiary/aromatic N) is 3. The van der Waals surface area contributed by atoms with E-state index >= 15 is 0 Å². The van der Waals surface area contributed by atoms with Gasteiger partial charge >= 0.3 is 0 Å². The Bertz CT molecular complexity index is 405. The smallest absolute Gasteiger partial charge is 0.237 e. The first-order valence-electron chi connectivity index (χ1n) is 8.98. The summed E-state index contributed by atoms with van der Waals surface area (Å²) >= 11 is 0. The molecule has 2 aliphatic carbocycles. The van der Waals surface area contributed by atoms with Crippen molar-refractivity contribution in [2.24, 2.45) is 11.8 Å². The SMILES string of the molecule is CCN(CC(=O)N(C1CCC(C)CC1)C1CC1)C[C@H](C)C#N. The van der Waals surface area contributed by atoms with Gasteiger partial charge < -0.3 is 4.90 Å². The van der Waals surface area contributed by atoms with E-state index in [1.165, 1.54) is 38.5 Å². The summed E-state index contributed by atoms with van der Waals surface area (Å²) in [6.07, 6.45) is 7.21. The molecule has 0 aromatic heterocycles. The molecule has 2 rings (SSSR count). The molecule has 0 aliphatic heterocycles. The average molecular weight is 305 g/mol. The highest BCUT2D eigenvalue weighted by atomic mass is 16.2. The first-order valence-corrected chi connectivity index (χ1v) is 8.98. The summed E-state index contributed by atoms with van der Waals surface area (Å²) < 4.78 is 0. The number of hydrogen-bond acceptors (Lipinski definition) is 3. The van der Waals surface area contributed by atoms with Gasteiger partial charge in [0.1, 0.15) is 0 Å². The molecular formula is C18H31N3O. The summed E-state index contributed by atoms with van der Waals surface area (Å²) in [7, 11) is 0. The van der Waals surface area contributed by atoms with Crippen molar-refractivity contribution in [1.29, 1.82) is 5.26 Å². The highest BCUT2D eigenvalue weighted by molar-refractivity contribution is 5.79. The molecule has 1 atom stereocenters. The van der Waals surface area contributed by atoms with Crippen molar-refractivity contribution in [3.63, 3.8) is 0 Å². The zero-order valence-electron chi connectivity index (χ0n) is 14.4. The van der Waals surface area contributed by atoms with Gasteiger partial charge in [-0.3, -0.25) is 9.69 Å². The standard InChI is InChI=1S/C18H31N3O/c1-4-20(12-15(3)11-19)13-18(22)21(17-9-10-17)16-7-5-14(2)6-8-16/h14-17H,4-10,12-13H2,1-3H3/t14?,15-,16?/m1/s1. The summed E-state index contributed by atoms with van der Waals surface area (Å²) in [6.45, 7) is 8.32. The van der Waals surface area contributed by atoms with Gasteiger partial charge in [-0.15, -0.1) is 0 Å². The second kappa shape index (κ2) is 7.97. The minimum Gasteiger partial charge on any atom is -0.336 e. The van der Waals surface area contributed by atoms with Crippen LogP contribution in [0.1, 0.15) is 59.3 Å². The van der Waals surface area contributed by atoms with E-state index in [1.54, 1.807) is 0 Å². The van der Waals surface area contributed by atoms with Crippen molar-refractivity contribution < 1.29 is 4.79 Å². The van der Waals surface area contributed by atoms with E-state index in [1.807, 2.05) is 6.92 Å². The van der Waals surface area contributed by atoms with Gasteiger partial charge in [-0.2, -0.15) is 5.26 Å². The van der Waals surface area contributed by atoms with Gasteiger partial charge in [0.05, 0.1) is 18.5 Å². The van der Waals surface area contributed by atoms with E-state index in [2.05, 4.69) is 29.7 Å². The van der Waals surface area contributed by atoms with Gasteiger partial charge in [0.25, 0.3) is 0 Å². The Morgan fingerprint density at radius 2 is 1.73 bits per heavy atom. The minimum atomic E-state index is -0.0161. The predicted molar refractivity (Wildman–Crippen MR) is 88.2 cm³/mol. The lowest BCUT2D eigenvalue weighted by Gasteiger charge is -2.37. The Morgan fingerprint density at radius 1 is 1.18 bits per heavy atom. The molecule has 0 bridgehead atoms. The summed E-state index contributed by atoms with van der Waals surface area (Å²) in [5, 5.41) is 8.98. The highest BCUT2D eigenvalue weighted by Crippen LogP contribution is 2.35. The van der Waals surface area contributed by atoms with Crippen molar-refractivity contribution in [1.82, 2.24) is 9.80 Å². The van der Waals surface area contributed by atoms with Gasteiger partial charge in [-0.1, -0.05) is 13.8 Å². The number of nitriles is 1. The van der Waals surface area contributed by atoms with E-state index in [4.69, 9.17) is 5.26 Å². The van der Waals surface area contributed by atoms with Crippen LogP contribution in [-0.4, -0.2) is 47.4 Å². The van der Waals surface area contributed by atoms with Gasteiger partial charge in [0.15, 0.2) is 0 Å². The molecule has 4 nitrogen and oxygen atoms in total. The maximum Gasteiger partial charge on any atom is 0.237 e. The molecular weight excluding hydrogens is 274 g/mol. The van der Waals surface area contributed by atoms with Crippen LogP contribution in [0.5, 0.6) is 0 Å². The van der Waals surface area contributed by atoms with Crippen LogP contribution in [0.3, 0.4) is 0 Å². The van der Waals surface area contributed by atoms with Crippen LogP contribution >= 0.6 is 0 Å². The second-order valence-electron chi connectivity index (χ2n) is 7.30. The number of carbonyl (C=O) groups excluding carboxylic acids is 1. The fourth-order valence-electron chi connectivity index (χ4n) is 3.59. The molecule has 0 saturated heterocycles. The number of rotatable bonds is 7. The van der Waals surface area contributed by atoms with Crippen LogP contribution in [0, 0.1) is 23.2 Å². The maximum atomic E-state index is 12.8. The molecule has 124 valence electrons. The van der Waals surface area contributed by atoms with Crippen LogP contribution < -0.4 is 0 Å². The molecule has 0 spiro atoms. The molecule has 1 amide bonds. The number of amides is 1. The highest BCUT2D eigenvalue weighted by Gasteiger charge is 2.38. The van der Waals surface area contributed by atoms with E-state index in [9.17, 15) is 4.79 Å². The van der Waals surface area contributed by atoms with Crippen molar-refractivity contribution in [3.8, 4) is 6.07 Å². The molecule has 22 heavy (non-hydrogen) atoms. The summed E-state index contributed by atoms with van der Waals surface area (Å²) in [4.78, 5) is 17.2. The Kier molecular flexibility index (Phi) is 6.26. The molecule has 0 heterocycles. The molecule has 0 aromatic rings. The quantitative estimate of drug-likeness (QED) is 0.726. The van der Waals surface area contributed by atoms with Crippen LogP contribution in [0.25, 0.3) is 0 Å². The molecule has 2 saturated carbocycles. The van der Waals surface area contributed by atoms with Crippen LogP contribution in [0.2, 0.25) is 0 Å². The normalized spacial score (nSPS) is 26.5. The molecule has 0 unspecified atom stereocenters. The fraction of sp³-hybridized carbons (Fsp3) is 0.889. The Balaban J connectivity index is 1.93. The molecule has 0 radical (unpaired) electrons. The summed E-state index contributed by atoms with van der Waals surface area (Å²) in [6, 6.07) is 3.23. The first-order chi connectivity index (χ1) is 10.5. The summed E-state index contributed by atoms with van der Waals surface area (Å²) in [5.41, 5.74) is 0. The lowest BCUT2D eigenvalue weighted by molar-refractivity contribution is -0.136. The third kappa shape index (κ3) is 4.71. The topological polar surface area (TPSA) is 47.3 Å². The first kappa shape index (κ1) is 17.3. The Hall–Kier alpha value is -1.08. The maximum absolute atomic E-state index is 12.8. The summed E-state index contributed by atoms with van der Waals surface area (Å²) in [5.74, 6) is 1.09. The molecule has 0 aromatic carbocycles. The van der Waals surface area contributed by atoms with Crippen molar-refractivity contribution in [2.75, 3.05) is 19.6 Å². The van der Waals surface area contributed by atoms with Gasteiger partial charge in [0, 0.05) is 18.6 Å². The van der Waals surface area contributed by atoms with Crippen molar-refractivity contribution in [2.45, 2.75) is 71.4 Å². The number of carbonyl (C=O) groups is 1. The van der Waals surface area contributed by atoms with Gasteiger partial charge in [0.2, 0.25) is 5.91 Å². The molecule has 2 fully saturated rings. The fourth-order valence-corrected chi connectivity index (χ4v) is 3.59. The lowest BCUT2D eigenvalue weighted by Crippen LogP contribution is -2.48. The predicted octanol–water partition coefficient (Wildman–Crippen LogP) is 3.04. The Morgan fingerprint density at radius 3 is 2.18 bits per heavy atom. The van der Waals surface area contributed by atoms with E-state index < -0.39 is 0 Å². The zero-order chi connectivity index (χ0) is 16.1. The largest absolute Gasteiger partial charge is 0.336 e. The van der Waals surface area contributed by atoms with Crippen molar-refractivity contribution in [3.05, 3.63) is 0 Å². The van der Waals surface area contributed by atoms with Gasteiger partial charge in [-0.05, 0) is 57.9 Å². The third-order valence-corrected chi connectivity index (χ3v) is 5.17.